The van der Waals surface area contributed by atoms with E-state index in [1.54, 1.807) is 6.20 Å². The topological polar surface area (TPSA) is 51.2 Å². The van der Waals surface area contributed by atoms with Crippen molar-refractivity contribution in [2.45, 2.75) is 18.9 Å². The Balaban J connectivity index is 1.74. The first-order valence-electron chi connectivity index (χ1n) is 6.71. The maximum atomic E-state index is 11.3. The van der Waals surface area contributed by atoms with Gasteiger partial charge in [0.2, 0.25) is 5.91 Å². The molecule has 20 heavy (non-hydrogen) atoms. The number of amides is 1. The number of nitrogens with one attached hydrogen (secondary N) is 1. The Hall–Kier alpha value is -2.36. The van der Waals surface area contributed by atoms with E-state index < -0.39 is 0 Å². The summed E-state index contributed by atoms with van der Waals surface area (Å²) in [6.45, 7) is 1.14. The van der Waals surface area contributed by atoms with Gasteiger partial charge in [-0.15, -0.1) is 0 Å². The second-order valence-electron chi connectivity index (χ2n) is 4.87. The molecule has 1 saturated heterocycles. The summed E-state index contributed by atoms with van der Waals surface area (Å²) in [5.41, 5.74) is 1.98. The van der Waals surface area contributed by atoms with Gasteiger partial charge in [-0.25, -0.2) is 0 Å². The quantitative estimate of drug-likeness (QED) is 0.925. The fourth-order valence-electron chi connectivity index (χ4n) is 2.37. The average molecular weight is 268 g/mol. The zero-order valence-corrected chi connectivity index (χ0v) is 11.1. The van der Waals surface area contributed by atoms with Crippen LogP contribution in [-0.4, -0.2) is 17.4 Å². The predicted octanol–water partition coefficient (Wildman–Crippen LogP) is 2.26. The van der Waals surface area contributed by atoms with E-state index in [1.165, 1.54) is 0 Å². The van der Waals surface area contributed by atoms with Crippen LogP contribution in [0.5, 0.6) is 5.75 Å². The first-order valence-corrected chi connectivity index (χ1v) is 6.71. The molecule has 0 aliphatic carbocycles. The van der Waals surface area contributed by atoms with Gasteiger partial charge < -0.3 is 10.1 Å². The minimum Gasteiger partial charge on any atom is -0.487 e. The Morgan fingerprint density at radius 2 is 2.05 bits per heavy atom. The van der Waals surface area contributed by atoms with Gasteiger partial charge in [-0.3, -0.25) is 9.78 Å². The Kier molecular flexibility index (Phi) is 3.63. The van der Waals surface area contributed by atoms with Crippen molar-refractivity contribution in [3.63, 3.8) is 0 Å². The van der Waals surface area contributed by atoms with Gasteiger partial charge >= 0.3 is 0 Å². The number of hydrogen-bond donors (Lipinski definition) is 1. The molecule has 1 aromatic carbocycles. The summed E-state index contributed by atoms with van der Waals surface area (Å²) >= 11 is 0. The van der Waals surface area contributed by atoms with Crippen LogP contribution in [0.15, 0.2) is 48.7 Å². The minimum absolute atomic E-state index is 0.0784. The summed E-state index contributed by atoms with van der Waals surface area (Å²) in [5, 5.41) is 2.83. The highest BCUT2D eigenvalue weighted by Gasteiger charge is 2.26. The van der Waals surface area contributed by atoms with Crippen molar-refractivity contribution in [3.8, 4) is 5.75 Å². The summed E-state index contributed by atoms with van der Waals surface area (Å²) in [7, 11) is 0. The molecule has 0 bridgehead atoms. The van der Waals surface area contributed by atoms with Gasteiger partial charge in [-0.2, -0.15) is 0 Å². The van der Waals surface area contributed by atoms with E-state index in [9.17, 15) is 4.79 Å². The number of nitrogens with zero attached hydrogens (tertiary/aromatic N) is 1. The molecule has 2 aromatic rings. The number of aromatic nitrogens is 1. The number of pyridine rings is 1. The maximum absolute atomic E-state index is 11.3. The van der Waals surface area contributed by atoms with Crippen LogP contribution >= 0.6 is 0 Å². The van der Waals surface area contributed by atoms with Crippen molar-refractivity contribution in [2.24, 2.45) is 0 Å². The average Bonchev–Trinajstić information content (AvgIpc) is 2.93. The van der Waals surface area contributed by atoms with Crippen molar-refractivity contribution >= 4 is 5.91 Å². The van der Waals surface area contributed by atoms with Crippen LogP contribution in [-0.2, 0) is 11.4 Å². The molecule has 0 radical (unpaired) electrons. The summed E-state index contributed by atoms with van der Waals surface area (Å²) in [6, 6.07) is 13.8. The number of benzene rings is 1. The molecule has 1 aromatic heterocycles. The van der Waals surface area contributed by atoms with Gasteiger partial charge in [0, 0.05) is 25.1 Å². The van der Waals surface area contributed by atoms with E-state index in [1.807, 2.05) is 42.5 Å². The maximum Gasteiger partial charge on any atom is 0.220 e. The molecule has 1 aliphatic heterocycles. The summed E-state index contributed by atoms with van der Waals surface area (Å²) in [4.78, 5) is 15.7. The van der Waals surface area contributed by atoms with Crippen LogP contribution < -0.4 is 10.1 Å². The lowest BCUT2D eigenvalue weighted by molar-refractivity contribution is -0.119. The standard InChI is InChI=1S/C16H16N2O2/c19-15-9-13(10-18-15)16-14(7-4-8-17-16)20-11-12-5-2-1-3-6-12/h1-8,13H,9-11H2,(H,18,19). The predicted molar refractivity (Wildman–Crippen MR) is 75.4 cm³/mol. The highest BCUT2D eigenvalue weighted by Crippen LogP contribution is 2.29. The Morgan fingerprint density at radius 3 is 2.80 bits per heavy atom. The molecule has 2 heterocycles. The molecule has 1 aliphatic rings. The van der Waals surface area contributed by atoms with Crippen LogP contribution in [0.3, 0.4) is 0 Å². The molecule has 0 spiro atoms. The first-order chi connectivity index (χ1) is 9.83. The third kappa shape index (κ3) is 2.79. The molecule has 0 saturated carbocycles. The Bertz CT molecular complexity index is 598. The molecule has 3 rings (SSSR count). The van der Waals surface area contributed by atoms with Crippen molar-refractivity contribution < 1.29 is 9.53 Å². The monoisotopic (exact) mass is 268 g/mol. The van der Waals surface area contributed by atoms with Gasteiger partial charge in [0.1, 0.15) is 12.4 Å². The van der Waals surface area contributed by atoms with Crippen LogP contribution in [0.2, 0.25) is 0 Å². The van der Waals surface area contributed by atoms with Crippen LogP contribution in [0.1, 0.15) is 23.6 Å². The third-order valence-corrected chi connectivity index (χ3v) is 3.40. The molecular formula is C16H16N2O2. The SMILES string of the molecule is O=C1CC(c2ncccc2OCc2ccccc2)CN1. The Labute approximate surface area is 117 Å². The number of hydrogen-bond acceptors (Lipinski definition) is 3. The fraction of sp³-hybridized carbons (Fsp3) is 0.250. The normalized spacial score (nSPS) is 17.8. The number of ether oxygens (including phenoxy) is 1. The second-order valence-corrected chi connectivity index (χ2v) is 4.87. The van der Waals surface area contributed by atoms with E-state index in [0.717, 1.165) is 17.0 Å². The van der Waals surface area contributed by atoms with Crippen LogP contribution in [0, 0.1) is 0 Å². The van der Waals surface area contributed by atoms with Gasteiger partial charge in [0.15, 0.2) is 0 Å². The lowest BCUT2D eigenvalue weighted by Gasteiger charge is -2.13. The zero-order chi connectivity index (χ0) is 13.8. The van der Waals surface area contributed by atoms with E-state index in [2.05, 4.69) is 10.3 Å². The zero-order valence-electron chi connectivity index (χ0n) is 11.1. The van der Waals surface area contributed by atoms with Crippen molar-refractivity contribution in [2.75, 3.05) is 6.54 Å². The van der Waals surface area contributed by atoms with E-state index in [4.69, 9.17) is 4.74 Å². The molecule has 102 valence electrons. The van der Waals surface area contributed by atoms with E-state index in [-0.39, 0.29) is 11.8 Å². The summed E-state index contributed by atoms with van der Waals surface area (Å²) < 4.78 is 5.87. The number of carbonyl (C=O) groups excluding carboxylic acids is 1. The second kappa shape index (κ2) is 5.74. The molecule has 4 heteroatoms. The molecule has 1 N–H and O–H groups in total. The molecule has 1 atom stereocenters. The van der Waals surface area contributed by atoms with E-state index in [0.29, 0.717) is 19.6 Å². The summed E-state index contributed by atoms with van der Waals surface area (Å²) in [6.07, 6.45) is 2.23. The van der Waals surface area contributed by atoms with Gasteiger partial charge in [0.05, 0.1) is 5.69 Å². The van der Waals surface area contributed by atoms with Crippen molar-refractivity contribution in [1.29, 1.82) is 0 Å². The molecule has 1 amide bonds. The molecule has 1 unspecified atom stereocenters. The highest BCUT2D eigenvalue weighted by molar-refractivity contribution is 5.79. The van der Waals surface area contributed by atoms with E-state index >= 15 is 0 Å². The van der Waals surface area contributed by atoms with Gasteiger partial charge in [-0.05, 0) is 17.7 Å². The summed E-state index contributed by atoms with van der Waals surface area (Å²) in [5.74, 6) is 0.946. The highest BCUT2D eigenvalue weighted by atomic mass is 16.5. The fourth-order valence-corrected chi connectivity index (χ4v) is 2.37. The molecule has 1 fully saturated rings. The van der Waals surface area contributed by atoms with Crippen molar-refractivity contribution in [3.05, 3.63) is 59.9 Å². The molecular weight excluding hydrogens is 252 g/mol. The lowest BCUT2D eigenvalue weighted by atomic mass is 10.0. The number of carbonyl (C=O) groups is 1. The first kappa shape index (κ1) is 12.7. The third-order valence-electron chi connectivity index (χ3n) is 3.40. The van der Waals surface area contributed by atoms with Gasteiger partial charge in [0.25, 0.3) is 0 Å². The Morgan fingerprint density at radius 1 is 1.20 bits per heavy atom. The van der Waals surface area contributed by atoms with Crippen LogP contribution in [0.4, 0.5) is 0 Å². The van der Waals surface area contributed by atoms with Gasteiger partial charge in [-0.1, -0.05) is 30.3 Å². The smallest absolute Gasteiger partial charge is 0.220 e. The molecule has 4 nitrogen and oxygen atoms in total. The van der Waals surface area contributed by atoms with Crippen LogP contribution in [0.25, 0.3) is 0 Å². The largest absolute Gasteiger partial charge is 0.487 e. The number of rotatable bonds is 4. The minimum atomic E-state index is 0.0784. The van der Waals surface area contributed by atoms with Crippen molar-refractivity contribution in [1.82, 2.24) is 10.3 Å². The lowest BCUT2D eigenvalue weighted by Crippen LogP contribution is -2.14.